The molecule has 0 saturated carbocycles. The van der Waals surface area contributed by atoms with E-state index in [2.05, 4.69) is 19.9 Å². The van der Waals surface area contributed by atoms with Crippen LogP contribution < -0.4 is 4.74 Å². The van der Waals surface area contributed by atoms with Gasteiger partial charge in [0.25, 0.3) is 0 Å². The van der Waals surface area contributed by atoms with Gasteiger partial charge in [-0.1, -0.05) is 26.0 Å². The molecule has 1 aromatic heterocycles. The van der Waals surface area contributed by atoms with Crippen LogP contribution in [-0.2, 0) is 13.2 Å². The highest BCUT2D eigenvalue weighted by Gasteiger charge is 2.04. The first-order valence-corrected chi connectivity index (χ1v) is 6.10. The van der Waals surface area contributed by atoms with E-state index in [1.54, 1.807) is 6.07 Å². The molecule has 0 atom stereocenters. The average molecular weight is 246 g/mol. The van der Waals surface area contributed by atoms with E-state index >= 15 is 0 Å². The van der Waals surface area contributed by atoms with Crippen molar-refractivity contribution in [2.45, 2.75) is 33.0 Å². The molecule has 0 amide bonds. The van der Waals surface area contributed by atoms with Crippen molar-refractivity contribution >= 4 is 0 Å². The van der Waals surface area contributed by atoms with Crippen molar-refractivity contribution < 1.29 is 14.3 Å². The van der Waals surface area contributed by atoms with Crippen LogP contribution in [0.1, 0.15) is 36.8 Å². The van der Waals surface area contributed by atoms with Crippen molar-refractivity contribution in [3.63, 3.8) is 0 Å². The Morgan fingerprint density at radius 2 is 1.94 bits per heavy atom. The van der Waals surface area contributed by atoms with Crippen LogP contribution in [-0.4, -0.2) is 5.11 Å². The molecule has 3 heteroatoms. The molecule has 0 spiro atoms. The molecule has 0 unspecified atom stereocenters. The van der Waals surface area contributed by atoms with Crippen LogP contribution in [0.25, 0.3) is 0 Å². The van der Waals surface area contributed by atoms with Gasteiger partial charge in [0.15, 0.2) is 0 Å². The summed E-state index contributed by atoms with van der Waals surface area (Å²) in [6.45, 7) is 4.60. The summed E-state index contributed by atoms with van der Waals surface area (Å²) >= 11 is 0. The summed E-state index contributed by atoms with van der Waals surface area (Å²) in [5, 5.41) is 8.90. The Balaban J connectivity index is 1.99. The van der Waals surface area contributed by atoms with Gasteiger partial charge in [-0.15, -0.1) is 0 Å². The molecule has 2 rings (SSSR count). The standard InChI is InChI=1S/C15H18O3/c1-11(2)12-4-3-5-13(8-12)17-10-15-7-6-14(9-16)18-15/h3-8,11,16H,9-10H2,1-2H3. The maximum atomic E-state index is 8.90. The van der Waals surface area contributed by atoms with Crippen LogP contribution in [0.3, 0.4) is 0 Å². The molecule has 0 aliphatic heterocycles. The quantitative estimate of drug-likeness (QED) is 0.878. The van der Waals surface area contributed by atoms with Gasteiger partial charge in [0.05, 0.1) is 0 Å². The molecule has 96 valence electrons. The van der Waals surface area contributed by atoms with E-state index in [1.165, 1.54) is 5.56 Å². The fraction of sp³-hybridized carbons (Fsp3) is 0.333. The van der Waals surface area contributed by atoms with Crippen molar-refractivity contribution in [1.82, 2.24) is 0 Å². The smallest absolute Gasteiger partial charge is 0.146 e. The third-order valence-electron chi connectivity index (χ3n) is 2.78. The molecule has 0 radical (unpaired) electrons. The van der Waals surface area contributed by atoms with Gasteiger partial charge in [0.1, 0.15) is 30.5 Å². The largest absolute Gasteiger partial charge is 0.486 e. The summed E-state index contributed by atoms with van der Waals surface area (Å²) in [6.07, 6.45) is 0. The molecular formula is C15H18O3. The molecule has 2 aromatic rings. The van der Waals surface area contributed by atoms with Crippen molar-refractivity contribution in [3.05, 3.63) is 53.5 Å². The first-order chi connectivity index (χ1) is 8.69. The molecule has 0 aliphatic rings. The predicted molar refractivity (Wildman–Crippen MR) is 69.5 cm³/mol. The van der Waals surface area contributed by atoms with Gasteiger partial charge in [-0.3, -0.25) is 0 Å². The second-order valence-electron chi connectivity index (χ2n) is 4.54. The molecule has 1 aromatic carbocycles. The van der Waals surface area contributed by atoms with Crippen molar-refractivity contribution in [2.24, 2.45) is 0 Å². The lowest BCUT2D eigenvalue weighted by atomic mass is 10.0. The Morgan fingerprint density at radius 1 is 1.17 bits per heavy atom. The van der Waals surface area contributed by atoms with Crippen molar-refractivity contribution in [1.29, 1.82) is 0 Å². The lowest BCUT2D eigenvalue weighted by Gasteiger charge is -2.09. The van der Waals surface area contributed by atoms with E-state index in [0.717, 1.165) is 5.75 Å². The minimum Gasteiger partial charge on any atom is -0.486 e. The zero-order chi connectivity index (χ0) is 13.0. The first kappa shape index (κ1) is 12.7. The topological polar surface area (TPSA) is 42.6 Å². The van der Waals surface area contributed by atoms with E-state index in [0.29, 0.717) is 24.0 Å². The highest BCUT2D eigenvalue weighted by Crippen LogP contribution is 2.21. The summed E-state index contributed by atoms with van der Waals surface area (Å²) in [7, 11) is 0. The maximum absolute atomic E-state index is 8.90. The number of hydrogen-bond acceptors (Lipinski definition) is 3. The third kappa shape index (κ3) is 3.14. The van der Waals surface area contributed by atoms with Gasteiger partial charge in [-0.2, -0.15) is 0 Å². The van der Waals surface area contributed by atoms with Gasteiger partial charge in [-0.25, -0.2) is 0 Å². The molecule has 1 heterocycles. The summed E-state index contributed by atoms with van der Waals surface area (Å²) in [5.74, 6) is 2.60. The number of aliphatic hydroxyl groups excluding tert-OH is 1. The number of benzene rings is 1. The Morgan fingerprint density at radius 3 is 2.61 bits per heavy atom. The normalized spacial score (nSPS) is 10.9. The number of aliphatic hydroxyl groups is 1. The highest BCUT2D eigenvalue weighted by molar-refractivity contribution is 5.30. The predicted octanol–water partition coefficient (Wildman–Crippen LogP) is 3.47. The molecule has 0 bridgehead atoms. The fourth-order valence-corrected chi connectivity index (χ4v) is 1.70. The van der Waals surface area contributed by atoms with Crippen LogP contribution in [0.15, 0.2) is 40.8 Å². The van der Waals surface area contributed by atoms with E-state index in [4.69, 9.17) is 14.3 Å². The summed E-state index contributed by atoms with van der Waals surface area (Å²) in [6, 6.07) is 11.6. The van der Waals surface area contributed by atoms with Gasteiger partial charge in [0, 0.05) is 0 Å². The molecule has 0 fully saturated rings. The van der Waals surface area contributed by atoms with Crippen LogP contribution in [0.4, 0.5) is 0 Å². The van der Waals surface area contributed by atoms with E-state index in [1.807, 2.05) is 24.3 Å². The summed E-state index contributed by atoms with van der Waals surface area (Å²) < 4.78 is 11.0. The molecule has 1 N–H and O–H groups in total. The number of furan rings is 1. The zero-order valence-electron chi connectivity index (χ0n) is 10.7. The van der Waals surface area contributed by atoms with Crippen molar-refractivity contribution in [2.75, 3.05) is 0 Å². The second kappa shape index (κ2) is 5.74. The Labute approximate surface area is 107 Å². The van der Waals surface area contributed by atoms with Gasteiger partial charge >= 0.3 is 0 Å². The third-order valence-corrected chi connectivity index (χ3v) is 2.78. The fourth-order valence-electron chi connectivity index (χ4n) is 1.70. The molecule has 3 nitrogen and oxygen atoms in total. The van der Waals surface area contributed by atoms with Gasteiger partial charge < -0.3 is 14.3 Å². The maximum Gasteiger partial charge on any atom is 0.146 e. The van der Waals surface area contributed by atoms with Crippen LogP contribution in [0, 0.1) is 0 Å². The SMILES string of the molecule is CC(C)c1cccc(OCc2ccc(CO)o2)c1. The lowest BCUT2D eigenvalue weighted by Crippen LogP contribution is -1.95. The van der Waals surface area contributed by atoms with Gasteiger partial charge in [0.2, 0.25) is 0 Å². The van der Waals surface area contributed by atoms with E-state index < -0.39 is 0 Å². The number of rotatable bonds is 5. The Hall–Kier alpha value is -1.74. The molecule has 0 aliphatic carbocycles. The summed E-state index contributed by atoms with van der Waals surface area (Å²) in [4.78, 5) is 0. The van der Waals surface area contributed by atoms with Crippen LogP contribution in [0.5, 0.6) is 5.75 Å². The summed E-state index contributed by atoms with van der Waals surface area (Å²) in [5.41, 5.74) is 1.25. The monoisotopic (exact) mass is 246 g/mol. The molecule has 0 saturated heterocycles. The van der Waals surface area contributed by atoms with Crippen molar-refractivity contribution in [3.8, 4) is 5.75 Å². The highest BCUT2D eigenvalue weighted by atomic mass is 16.5. The van der Waals surface area contributed by atoms with E-state index in [9.17, 15) is 0 Å². The van der Waals surface area contributed by atoms with Crippen LogP contribution in [0.2, 0.25) is 0 Å². The number of hydrogen-bond donors (Lipinski definition) is 1. The molecular weight excluding hydrogens is 228 g/mol. The Kier molecular flexibility index (Phi) is 4.05. The number of ether oxygens (including phenoxy) is 1. The second-order valence-corrected chi connectivity index (χ2v) is 4.54. The lowest BCUT2D eigenvalue weighted by molar-refractivity contribution is 0.224. The average Bonchev–Trinajstić information content (AvgIpc) is 2.84. The van der Waals surface area contributed by atoms with E-state index in [-0.39, 0.29) is 6.61 Å². The minimum absolute atomic E-state index is 0.0805. The minimum atomic E-state index is -0.0805. The first-order valence-electron chi connectivity index (χ1n) is 6.10. The zero-order valence-corrected chi connectivity index (χ0v) is 10.7. The van der Waals surface area contributed by atoms with Gasteiger partial charge in [-0.05, 0) is 35.7 Å². The molecule has 18 heavy (non-hydrogen) atoms. The Bertz CT molecular complexity index is 500. The van der Waals surface area contributed by atoms with Crippen LogP contribution >= 0.6 is 0 Å².